The number of aromatic nitrogens is 1. The fourth-order valence-electron chi connectivity index (χ4n) is 2.91. The molecule has 2 rings (SSSR count). The molecule has 0 aromatic carbocycles. The van der Waals surface area contributed by atoms with Crippen LogP contribution in [0.5, 0.6) is 0 Å². The summed E-state index contributed by atoms with van der Waals surface area (Å²) in [4.78, 5) is 8.45. The third kappa shape index (κ3) is 6.20. The van der Waals surface area contributed by atoms with E-state index in [1.165, 1.54) is 19.3 Å². The van der Waals surface area contributed by atoms with Gasteiger partial charge in [0.1, 0.15) is 5.82 Å². The maximum absolute atomic E-state index is 6.09. The molecule has 0 atom stereocenters. The number of aliphatic imine (C=N–C) groups is 1. The molecule has 1 saturated carbocycles. The molecule has 25 heavy (non-hydrogen) atoms. The zero-order valence-electron chi connectivity index (χ0n) is 14.9. The quantitative estimate of drug-likeness (QED) is 0.344. The topological polar surface area (TPSA) is 70.6 Å². The SMILES string of the molecule is CN=C(NCCNc1ncc(Cl)cc1Cl)NCC1(CCOC)CCC1. The van der Waals surface area contributed by atoms with E-state index in [2.05, 4.69) is 25.9 Å². The van der Waals surface area contributed by atoms with Crippen LogP contribution in [0.3, 0.4) is 0 Å². The first-order chi connectivity index (χ1) is 12.1. The lowest BCUT2D eigenvalue weighted by Crippen LogP contribution is -2.47. The highest BCUT2D eigenvalue weighted by Gasteiger charge is 2.36. The summed E-state index contributed by atoms with van der Waals surface area (Å²) in [5, 5.41) is 10.9. The number of anilines is 1. The maximum atomic E-state index is 6.09. The van der Waals surface area contributed by atoms with Gasteiger partial charge >= 0.3 is 0 Å². The summed E-state index contributed by atoms with van der Waals surface area (Å²) < 4.78 is 5.24. The first kappa shape index (κ1) is 20.1. The number of hydrogen-bond donors (Lipinski definition) is 3. The van der Waals surface area contributed by atoms with Gasteiger partial charge in [-0.2, -0.15) is 0 Å². The average molecular weight is 388 g/mol. The van der Waals surface area contributed by atoms with E-state index in [1.807, 2.05) is 0 Å². The molecule has 0 unspecified atom stereocenters. The number of guanidine groups is 1. The third-order valence-corrected chi connectivity index (χ3v) is 5.12. The first-order valence-electron chi connectivity index (χ1n) is 8.57. The van der Waals surface area contributed by atoms with Crippen LogP contribution in [0.25, 0.3) is 0 Å². The number of ether oxygens (including phenoxy) is 1. The van der Waals surface area contributed by atoms with Crippen LogP contribution in [0.4, 0.5) is 5.82 Å². The van der Waals surface area contributed by atoms with Crippen LogP contribution in [0.1, 0.15) is 25.7 Å². The van der Waals surface area contributed by atoms with Crippen molar-refractivity contribution in [2.45, 2.75) is 25.7 Å². The van der Waals surface area contributed by atoms with Gasteiger partial charge in [0.25, 0.3) is 0 Å². The predicted octanol–water partition coefficient (Wildman–Crippen LogP) is 3.17. The Bertz CT molecular complexity index is 578. The van der Waals surface area contributed by atoms with Crippen molar-refractivity contribution in [1.82, 2.24) is 15.6 Å². The molecule has 1 aliphatic rings. The van der Waals surface area contributed by atoms with E-state index in [0.29, 0.717) is 34.4 Å². The molecule has 140 valence electrons. The molecule has 1 aromatic rings. The van der Waals surface area contributed by atoms with Crippen LogP contribution in [0.2, 0.25) is 10.0 Å². The monoisotopic (exact) mass is 387 g/mol. The number of halogens is 2. The smallest absolute Gasteiger partial charge is 0.191 e. The minimum absolute atomic E-state index is 0.354. The molecule has 0 bridgehead atoms. The number of methoxy groups -OCH3 is 1. The maximum Gasteiger partial charge on any atom is 0.191 e. The van der Waals surface area contributed by atoms with Gasteiger partial charge in [-0.25, -0.2) is 4.98 Å². The lowest BCUT2D eigenvalue weighted by molar-refractivity contribution is 0.0732. The molecule has 1 fully saturated rings. The van der Waals surface area contributed by atoms with Gasteiger partial charge in [-0.15, -0.1) is 0 Å². The van der Waals surface area contributed by atoms with Gasteiger partial charge in [-0.05, 0) is 30.7 Å². The van der Waals surface area contributed by atoms with Gasteiger partial charge in [-0.1, -0.05) is 29.6 Å². The van der Waals surface area contributed by atoms with Crippen molar-refractivity contribution in [1.29, 1.82) is 0 Å². The zero-order valence-corrected chi connectivity index (χ0v) is 16.4. The lowest BCUT2D eigenvalue weighted by atomic mass is 9.67. The van der Waals surface area contributed by atoms with Gasteiger partial charge < -0.3 is 20.7 Å². The Morgan fingerprint density at radius 2 is 2.12 bits per heavy atom. The van der Waals surface area contributed by atoms with Gasteiger partial charge in [-0.3, -0.25) is 4.99 Å². The van der Waals surface area contributed by atoms with E-state index in [4.69, 9.17) is 27.9 Å². The van der Waals surface area contributed by atoms with Crippen LogP contribution in [-0.4, -0.2) is 51.3 Å². The summed E-state index contributed by atoms with van der Waals surface area (Å²) >= 11 is 11.9. The molecular weight excluding hydrogens is 361 g/mol. The zero-order chi connectivity index (χ0) is 18.1. The molecule has 3 N–H and O–H groups in total. The number of nitrogens with one attached hydrogen (secondary N) is 3. The van der Waals surface area contributed by atoms with Crippen molar-refractivity contribution in [2.24, 2.45) is 10.4 Å². The molecule has 1 aromatic heterocycles. The molecular formula is C17H27Cl2N5O. The van der Waals surface area contributed by atoms with Crippen molar-refractivity contribution in [3.05, 3.63) is 22.3 Å². The molecule has 0 amide bonds. The Hall–Kier alpha value is -1.24. The van der Waals surface area contributed by atoms with Crippen LogP contribution < -0.4 is 16.0 Å². The molecule has 1 aliphatic carbocycles. The molecule has 0 radical (unpaired) electrons. The Morgan fingerprint density at radius 1 is 1.32 bits per heavy atom. The molecule has 0 aliphatic heterocycles. The number of nitrogens with zero attached hydrogens (tertiary/aromatic N) is 2. The van der Waals surface area contributed by atoms with Crippen LogP contribution in [0, 0.1) is 5.41 Å². The summed E-state index contributed by atoms with van der Waals surface area (Å²) in [5.41, 5.74) is 0.354. The first-order valence-corrected chi connectivity index (χ1v) is 9.32. The summed E-state index contributed by atoms with van der Waals surface area (Å²) in [6.45, 7) is 3.11. The summed E-state index contributed by atoms with van der Waals surface area (Å²) in [7, 11) is 3.54. The number of rotatable bonds is 9. The minimum atomic E-state index is 0.354. The molecule has 6 nitrogen and oxygen atoms in total. The Kier molecular flexibility index (Phi) is 8.06. The second-order valence-electron chi connectivity index (χ2n) is 6.36. The lowest BCUT2D eigenvalue weighted by Gasteiger charge is -2.42. The summed E-state index contributed by atoms with van der Waals surface area (Å²) in [5.74, 6) is 1.43. The van der Waals surface area contributed by atoms with Crippen molar-refractivity contribution in [2.75, 3.05) is 45.7 Å². The van der Waals surface area contributed by atoms with E-state index in [1.54, 1.807) is 26.4 Å². The van der Waals surface area contributed by atoms with Crippen molar-refractivity contribution in [3.63, 3.8) is 0 Å². The van der Waals surface area contributed by atoms with E-state index in [9.17, 15) is 0 Å². The molecule has 0 spiro atoms. The fraction of sp³-hybridized carbons (Fsp3) is 0.647. The van der Waals surface area contributed by atoms with Crippen molar-refractivity contribution >= 4 is 35.0 Å². The van der Waals surface area contributed by atoms with E-state index in [-0.39, 0.29) is 0 Å². The third-order valence-electron chi connectivity index (χ3n) is 4.62. The minimum Gasteiger partial charge on any atom is -0.385 e. The second-order valence-corrected chi connectivity index (χ2v) is 7.20. The fourth-order valence-corrected chi connectivity index (χ4v) is 3.36. The molecule has 0 saturated heterocycles. The van der Waals surface area contributed by atoms with Crippen molar-refractivity contribution < 1.29 is 4.74 Å². The highest BCUT2D eigenvalue weighted by Crippen LogP contribution is 2.43. The van der Waals surface area contributed by atoms with Crippen LogP contribution >= 0.6 is 23.2 Å². The van der Waals surface area contributed by atoms with Crippen LogP contribution in [0.15, 0.2) is 17.3 Å². The second kappa shape index (κ2) is 10.0. The predicted molar refractivity (Wildman–Crippen MR) is 105 cm³/mol. The Morgan fingerprint density at radius 3 is 2.72 bits per heavy atom. The van der Waals surface area contributed by atoms with Crippen molar-refractivity contribution in [3.8, 4) is 0 Å². The summed E-state index contributed by atoms with van der Waals surface area (Å²) in [6, 6.07) is 1.67. The molecule has 1 heterocycles. The van der Waals surface area contributed by atoms with E-state index in [0.717, 1.165) is 25.5 Å². The standard InChI is InChI=1S/C17H27Cl2N5O/c1-20-16(24-12-17(4-3-5-17)6-9-25-2)22-8-7-21-15-14(19)10-13(18)11-23-15/h10-11H,3-9,12H2,1-2H3,(H,21,23)(H2,20,22,24). The highest BCUT2D eigenvalue weighted by molar-refractivity contribution is 6.35. The molecule has 8 heteroatoms. The summed E-state index contributed by atoms with van der Waals surface area (Å²) in [6.07, 6.45) is 6.47. The Labute approximate surface area is 159 Å². The van der Waals surface area contributed by atoms with Gasteiger partial charge in [0.05, 0.1) is 10.0 Å². The van der Waals surface area contributed by atoms with Gasteiger partial charge in [0.15, 0.2) is 5.96 Å². The highest BCUT2D eigenvalue weighted by atomic mass is 35.5. The van der Waals surface area contributed by atoms with E-state index < -0.39 is 0 Å². The van der Waals surface area contributed by atoms with E-state index >= 15 is 0 Å². The van der Waals surface area contributed by atoms with Gasteiger partial charge in [0, 0.05) is 46.6 Å². The van der Waals surface area contributed by atoms with Crippen LogP contribution in [-0.2, 0) is 4.74 Å². The Balaban J connectivity index is 1.69. The number of pyridine rings is 1. The number of hydrogen-bond acceptors (Lipinski definition) is 4. The largest absolute Gasteiger partial charge is 0.385 e. The normalized spacial score (nSPS) is 16.2. The van der Waals surface area contributed by atoms with Gasteiger partial charge in [0.2, 0.25) is 0 Å². The average Bonchev–Trinajstić information content (AvgIpc) is 2.56.